The summed E-state index contributed by atoms with van der Waals surface area (Å²) in [4.78, 5) is 22.4. The van der Waals surface area contributed by atoms with E-state index in [1.807, 2.05) is 12.1 Å². The number of nitrogens with two attached hydrogens (primary N) is 1. The molecule has 0 radical (unpaired) electrons. The van der Waals surface area contributed by atoms with Crippen LogP contribution in [0, 0.1) is 5.41 Å². The highest BCUT2D eigenvalue weighted by Gasteiger charge is 2.38. The van der Waals surface area contributed by atoms with Gasteiger partial charge < -0.3 is 16.2 Å². The van der Waals surface area contributed by atoms with Crippen LogP contribution in [0.5, 0.6) is 0 Å². The Hall–Kier alpha value is -3.45. The number of aliphatic carboxylic acids is 1. The summed E-state index contributed by atoms with van der Waals surface area (Å²) in [5, 5.41) is 18.9. The third kappa shape index (κ3) is 8.37. The number of rotatable bonds is 12. The van der Waals surface area contributed by atoms with Crippen LogP contribution < -0.4 is 15.8 Å². The van der Waals surface area contributed by atoms with Crippen LogP contribution in [0.1, 0.15) is 36.0 Å². The number of hydrogen-bond acceptors (Lipinski definition) is 5. The summed E-state index contributed by atoms with van der Waals surface area (Å²) >= 11 is 0. The van der Waals surface area contributed by atoms with Crippen molar-refractivity contribution in [3.8, 4) is 0 Å². The highest BCUT2D eigenvalue weighted by atomic mass is 32.2. The first-order valence-corrected chi connectivity index (χ1v) is 11.9. The molecule has 2 aromatic rings. The molecule has 190 valence electrons. The SMILES string of the molecule is N=C(N)c1ccc(CCCCC(=O)NC[C@H](NS(=O)(=O)c2ccccc2C(F)(F)F)C(=O)O)cc1. The van der Waals surface area contributed by atoms with Gasteiger partial charge in [0, 0.05) is 18.5 Å². The smallest absolute Gasteiger partial charge is 0.417 e. The predicted molar refractivity (Wildman–Crippen MR) is 121 cm³/mol. The number of unbranched alkanes of at least 4 members (excludes halogenated alkanes) is 1. The van der Waals surface area contributed by atoms with E-state index in [4.69, 9.17) is 11.1 Å². The lowest BCUT2D eigenvalue weighted by molar-refractivity contribution is -0.140. The molecule has 0 aliphatic carbocycles. The predicted octanol–water partition coefficient (Wildman–Crippen LogP) is 2.25. The molecule has 35 heavy (non-hydrogen) atoms. The minimum Gasteiger partial charge on any atom is -0.480 e. The zero-order valence-corrected chi connectivity index (χ0v) is 19.2. The maximum Gasteiger partial charge on any atom is 0.417 e. The van der Waals surface area contributed by atoms with Crippen LogP contribution in [-0.2, 0) is 32.2 Å². The van der Waals surface area contributed by atoms with E-state index >= 15 is 0 Å². The van der Waals surface area contributed by atoms with E-state index in [1.165, 1.54) is 0 Å². The lowest BCUT2D eigenvalue weighted by Gasteiger charge is -2.18. The second kappa shape index (κ2) is 11.8. The molecule has 9 nitrogen and oxygen atoms in total. The fourth-order valence-electron chi connectivity index (χ4n) is 3.14. The van der Waals surface area contributed by atoms with E-state index in [-0.39, 0.29) is 12.3 Å². The third-order valence-electron chi connectivity index (χ3n) is 4.97. The number of hydrogen-bond donors (Lipinski definition) is 5. The van der Waals surface area contributed by atoms with E-state index in [0.717, 1.165) is 23.8 Å². The van der Waals surface area contributed by atoms with Gasteiger partial charge in [0.2, 0.25) is 15.9 Å². The lowest BCUT2D eigenvalue weighted by atomic mass is 10.0. The van der Waals surface area contributed by atoms with Crippen molar-refractivity contribution in [2.75, 3.05) is 6.54 Å². The van der Waals surface area contributed by atoms with Gasteiger partial charge in [0.25, 0.3) is 0 Å². The Morgan fingerprint density at radius 2 is 1.69 bits per heavy atom. The quantitative estimate of drug-likeness (QED) is 0.166. The second-order valence-corrected chi connectivity index (χ2v) is 9.31. The topological polar surface area (TPSA) is 162 Å². The molecule has 0 heterocycles. The number of benzene rings is 2. The number of sulfonamides is 1. The molecule has 0 unspecified atom stereocenters. The van der Waals surface area contributed by atoms with Crippen molar-refractivity contribution in [1.82, 2.24) is 10.0 Å². The van der Waals surface area contributed by atoms with Crippen molar-refractivity contribution >= 4 is 27.7 Å². The van der Waals surface area contributed by atoms with Gasteiger partial charge in [0.05, 0.1) is 10.5 Å². The molecule has 0 fully saturated rings. The number of alkyl halides is 3. The number of amides is 1. The first-order valence-electron chi connectivity index (χ1n) is 10.4. The molecule has 1 amide bonds. The molecule has 0 aliphatic heterocycles. The van der Waals surface area contributed by atoms with Gasteiger partial charge in [-0.2, -0.15) is 17.9 Å². The highest BCUT2D eigenvalue weighted by molar-refractivity contribution is 7.89. The number of carboxylic acids is 1. The number of nitrogen functional groups attached to an aromatic ring is 1. The number of carboxylic acid groups (broad SMARTS) is 1. The minimum atomic E-state index is -4.96. The third-order valence-corrected chi connectivity index (χ3v) is 6.49. The second-order valence-electron chi connectivity index (χ2n) is 7.63. The van der Waals surface area contributed by atoms with Gasteiger partial charge in [-0.1, -0.05) is 36.4 Å². The lowest BCUT2D eigenvalue weighted by Crippen LogP contribution is -2.48. The molecule has 13 heteroatoms. The zero-order chi connectivity index (χ0) is 26.2. The van der Waals surface area contributed by atoms with Crippen LogP contribution in [0.3, 0.4) is 0 Å². The first-order chi connectivity index (χ1) is 16.3. The highest BCUT2D eigenvalue weighted by Crippen LogP contribution is 2.33. The van der Waals surface area contributed by atoms with Gasteiger partial charge in [-0.25, -0.2) is 8.42 Å². The molecule has 0 spiro atoms. The van der Waals surface area contributed by atoms with Gasteiger partial charge >= 0.3 is 12.1 Å². The molecule has 0 saturated heterocycles. The van der Waals surface area contributed by atoms with Gasteiger partial charge in [-0.3, -0.25) is 15.0 Å². The summed E-state index contributed by atoms with van der Waals surface area (Å²) in [6.07, 6.45) is -3.17. The number of halogens is 3. The van der Waals surface area contributed by atoms with Crippen molar-refractivity contribution in [2.45, 2.75) is 42.8 Å². The minimum absolute atomic E-state index is 0.0419. The molecule has 6 N–H and O–H groups in total. The summed E-state index contributed by atoms with van der Waals surface area (Å²) in [6, 6.07) is 8.57. The van der Waals surface area contributed by atoms with Crippen LogP contribution in [0.15, 0.2) is 53.4 Å². The van der Waals surface area contributed by atoms with Crippen molar-refractivity contribution in [3.05, 3.63) is 65.2 Å². The summed E-state index contributed by atoms with van der Waals surface area (Å²) < 4.78 is 66.1. The van der Waals surface area contributed by atoms with Crippen LogP contribution in [0.4, 0.5) is 13.2 Å². The van der Waals surface area contributed by atoms with Gasteiger partial charge in [-0.05, 0) is 37.0 Å². The Kier molecular flexibility index (Phi) is 9.37. The number of amidine groups is 1. The fraction of sp³-hybridized carbons (Fsp3) is 0.318. The maximum atomic E-state index is 13.2. The maximum absolute atomic E-state index is 13.2. The van der Waals surface area contributed by atoms with Crippen molar-refractivity contribution in [1.29, 1.82) is 5.41 Å². The van der Waals surface area contributed by atoms with E-state index in [9.17, 15) is 36.3 Å². The van der Waals surface area contributed by atoms with Crippen LogP contribution in [-0.4, -0.2) is 43.8 Å². The normalized spacial score (nSPS) is 12.7. The van der Waals surface area contributed by atoms with Gasteiger partial charge in [-0.15, -0.1) is 0 Å². The molecule has 0 bridgehead atoms. The molecular weight excluding hydrogens is 489 g/mol. The number of aryl methyl sites for hydroxylation is 1. The standard InChI is InChI=1S/C22H25F3N4O5S/c23-22(24,25)16-6-2-3-7-18(16)35(33,34)29-17(21(31)32)13-28-19(30)8-4-1-5-14-9-11-15(12-10-14)20(26)27/h2-3,6-7,9-12,17,29H,1,4-5,8,13H2,(H3,26,27)(H,28,30)(H,31,32)/t17-/m0/s1. The van der Waals surface area contributed by atoms with Crippen LogP contribution in [0.2, 0.25) is 0 Å². The molecule has 1 atom stereocenters. The average molecular weight is 515 g/mol. The largest absolute Gasteiger partial charge is 0.480 e. The summed E-state index contributed by atoms with van der Waals surface area (Å²) in [5.41, 5.74) is 5.54. The Labute approximate surface area is 200 Å². The molecule has 2 rings (SSSR count). The van der Waals surface area contributed by atoms with Crippen LogP contribution in [0.25, 0.3) is 0 Å². The fourth-order valence-corrected chi connectivity index (χ4v) is 4.55. The Morgan fingerprint density at radius 3 is 2.26 bits per heavy atom. The van der Waals surface area contributed by atoms with E-state index < -0.39 is 51.1 Å². The number of nitrogens with one attached hydrogen (secondary N) is 3. The summed E-state index contributed by atoms with van der Waals surface area (Å²) in [7, 11) is -4.85. The molecule has 0 aromatic heterocycles. The van der Waals surface area contributed by atoms with Crippen LogP contribution >= 0.6 is 0 Å². The average Bonchev–Trinajstić information content (AvgIpc) is 2.79. The number of carbonyl (C=O) groups excluding carboxylic acids is 1. The molecule has 0 aliphatic rings. The molecule has 0 saturated carbocycles. The molecule has 2 aromatic carbocycles. The van der Waals surface area contributed by atoms with Gasteiger partial charge in [0.1, 0.15) is 11.9 Å². The van der Waals surface area contributed by atoms with Crippen molar-refractivity contribution in [3.63, 3.8) is 0 Å². The van der Waals surface area contributed by atoms with E-state index in [0.29, 0.717) is 30.9 Å². The molecular formula is C22H25F3N4O5S. The Morgan fingerprint density at radius 1 is 1.06 bits per heavy atom. The van der Waals surface area contributed by atoms with Gasteiger partial charge in [0.15, 0.2) is 0 Å². The Balaban J connectivity index is 1.88. The monoisotopic (exact) mass is 514 g/mol. The Bertz CT molecular complexity index is 1170. The zero-order valence-electron chi connectivity index (χ0n) is 18.4. The summed E-state index contributed by atoms with van der Waals surface area (Å²) in [6.45, 7) is -0.645. The number of carbonyl (C=O) groups is 2. The van der Waals surface area contributed by atoms with E-state index in [1.54, 1.807) is 16.9 Å². The summed E-state index contributed by atoms with van der Waals surface area (Å²) in [5.74, 6) is -2.23. The van der Waals surface area contributed by atoms with Crippen molar-refractivity contribution in [2.24, 2.45) is 5.73 Å². The van der Waals surface area contributed by atoms with Crippen molar-refractivity contribution < 1.29 is 36.3 Å². The first kappa shape index (κ1) is 27.8. The van der Waals surface area contributed by atoms with E-state index in [2.05, 4.69) is 5.32 Å².